The number of hydrogen-bond donors (Lipinski definition) is 2. The lowest BCUT2D eigenvalue weighted by Gasteiger charge is -2.22. The van der Waals surface area contributed by atoms with Crippen molar-refractivity contribution in [2.24, 2.45) is 5.92 Å². The second-order valence-corrected chi connectivity index (χ2v) is 9.15. The minimum Gasteiger partial charge on any atom is -0.362 e. The van der Waals surface area contributed by atoms with Crippen LogP contribution < -0.4 is 14.9 Å². The van der Waals surface area contributed by atoms with Crippen molar-refractivity contribution in [3.05, 3.63) is 35.7 Å². The lowest BCUT2D eigenvalue weighted by atomic mass is 9.89. The molecule has 1 fully saturated rings. The molecule has 0 bridgehead atoms. The third-order valence-corrected chi connectivity index (χ3v) is 6.44. The maximum atomic E-state index is 4.94. The Hall–Kier alpha value is -2.32. The van der Waals surface area contributed by atoms with E-state index in [4.69, 9.17) is 4.52 Å². The van der Waals surface area contributed by atoms with E-state index in [1.165, 1.54) is 44.1 Å². The quantitative estimate of drug-likeness (QED) is 0.504. The van der Waals surface area contributed by atoms with E-state index in [0.29, 0.717) is 0 Å². The van der Waals surface area contributed by atoms with Gasteiger partial charge in [-0.05, 0) is 63.7 Å². The molecule has 1 aliphatic rings. The summed E-state index contributed by atoms with van der Waals surface area (Å²) in [5.74, 6) is 3.38. The van der Waals surface area contributed by atoms with Crippen LogP contribution >= 0.6 is 11.9 Å². The Bertz CT molecular complexity index is 948. The van der Waals surface area contributed by atoms with E-state index >= 15 is 0 Å². The molecule has 7 nitrogen and oxygen atoms in total. The first-order valence-electron chi connectivity index (χ1n) is 10.9. The zero-order chi connectivity index (χ0) is 22.2. The Labute approximate surface area is 189 Å². The van der Waals surface area contributed by atoms with E-state index in [1.807, 2.05) is 47.1 Å². The predicted octanol–water partition coefficient (Wildman–Crippen LogP) is 5.21. The summed E-state index contributed by atoms with van der Waals surface area (Å²) < 4.78 is 7.91. The summed E-state index contributed by atoms with van der Waals surface area (Å²) >= 11 is 1.53. The summed E-state index contributed by atoms with van der Waals surface area (Å²) in [6, 6.07) is 8.19. The van der Waals surface area contributed by atoms with Gasteiger partial charge in [0.05, 0.1) is 16.1 Å². The SMILES string of the molecule is CN(C)c1nc(NCC2CCCCC2)nc2ccccc12.CNSc1c(C)noc1C. The molecular formula is C23H34N6OS. The number of nitrogens with zero attached hydrogens (tertiary/aromatic N) is 4. The Morgan fingerprint density at radius 3 is 2.48 bits per heavy atom. The molecule has 0 aliphatic heterocycles. The third-order valence-electron chi connectivity index (χ3n) is 5.45. The van der Waals surface area contributed by atoms with E-state index in [1.54, 1.807) is 0 Å². The molecule has 4 rings (SSSR count). The minimum absolute atomic E-state index is 0.753. The van der Waals surface area contributed by atoms with Crippen LogP contribution in [0.25, 0.3) is 10.9 Å². The van der Waals surface area contributed by atoms with Crippen molar-refractivity contribution < 1.29 is 4.52 Å². The van der Waals surface area contributed by atoms with E-state index in [-0.39, 0.29) is 0 Å². The Balaban J connectivity index is 0.000000229. The predicted molar refractivity (Wildman–Crippen MR) is 130 cm³/mol. The van der Waals surface area contributed by atoms with Crippen LogP contribution in [0.15, 0.2) is 33.7 Å². The molecule has 1 aromatic carbocycles. The molecule has 31 heavy (non-hydrogen) atoms. The average molecular weight is 443 g/mol. The van der Waals surface area contributed by atoms with Crippen LogP contribution in [0.3, 0.4) is 0 Å². The maximum absolute atomic E-state index is 4.94. The van der Waals surface area contributed by atoms with Crippen LogP contribution in [0.5, 0.6) is 0 Å². The van der Waals surface area contributed by atoms with Crippen molar-refractivity contribution in [2.45, 2.75) is 50.8 Å². The van der Waals surface area contributed by atoms with Crippen LogP contribution in [-0.4, -0.2) is 42.8 Å². The molecule has 3 aromatic rings. The minimum atomic E-state index is 0.753. The number of nitrogens with one attached hydrogen (secondary N) is 2. The molecule has 2 heterocycles. The van der Waals surface area contributed by atoms with Gasteiger partial charge in [-0.1, -0.05) is 36.6 Å². The maximum Gasteiger partial charge on any atom is 0.225 e. The number of benzene rings is 1. The first-order chi connectivity index (χ1) is 15.0. The average Bonchev–Trinajstić information content (AvgIpc) is 3.10. The number of rotatable bonds is 6. The molecule has 0 atom stereocenters. The van der Waals surface area contributed by atoms with Crippen molar-refractivity contribution in [2.75, 3.05) is 37.9 Å². The summed E-state index contributed by atoms with van der Waals surface area (Å²) in [5, 5.41) is 8.35. The fourth-order valence-electron chi connectivity index (χ4n) is 3.83. The van der Waals surface area contributed by atoms with Gasteiger partial charge in [0.2, 0.25) is 5.95 Å². The summed E-state index contributed by atoms with van der Waals surface area (Å²) in [4.78, 5) is 12.5. The summed E-state index contributed by atoms with van der Waals surface area (Å²) in [6.45, 7) is 4.82. The molecule has 1 aliphatic carbocycles. The number of hydrogen-bond acceptors (Lipinski definition) is 8. The van der Waals surface area contributed by atoms with Gasteiger partial charge in [-0.15, -0.1) is 0 Å². The van der Waals surface area contributed by atoms with Crippen LogP contribution in [0.4, 0.5) is 11.8 Å². The molecule has 1 saturated carbocycles. The number of anilines is 2. The summed E-state index contributed by atoms with van der Waals surface area (Å²) in [5.41, 5.74) is 1.94. The van der Waals surface area contributed by atoms with E-state index in [2.05, 4.69) is 42.2 Å². The highest BCUT2D eigenvalue weighted by molar-refractivity contribution is 7.97. The first kappa shape index (κ1) is 23.3. The van der Waals surface area contributed by atoms with Crippen LogP contribution in [0.2, 0.25) is 0 Å². The number of fused-ring (bicyclic) bond motifs is 1. The van der Waals surface area contributed by atoms with Crippen molar-refractivity contribution in [3.8, 4) is 0 Å². The van der Waals surface area contributed by atoms with Gasteiger partial charge >= 0.3 is 0 Å². The highest BCUT2D eigenvalue weighted by Crippen LogP contribution is 2.26. The van der Waals surface area contributed by atoms with Crippen LogP contribution in [0.1, 0.15) is 43.6 Å². The van der Waals surface area contributed by atoms with Crippen molar-refractivity contribution >= 4 is 34.6 Å². The fraction of sp³-hybridized carbons (Fsp3) is 0.522. The highest BCUT2D eigenvalue weighted by Gasteiger charge is 2.14. The number of para-hydroxylation sites is 1. The standard InChI is InChI=1S/C17H24N4.C6H10N2OS/c1-21(2)16-14-10-6-7-11-15(14)19-17(20-16)18-12-13-8-4-3-5-9-13;1-4-6(10-7-3)5(2)9-8-4/h6-7,10-11,13H,3-5,8-9,12H2,1-2H3,(H,18,19,20);7H,1-3H3. The van der Waals surface area contributed by atoms with Crippen molar-refractivity contribution in [1.29, 1.82) is 0 Å². The van der Waals surface area contributed by atoms with Gasteiger partial charge in [0.15, 0.2) is 0 Å². The van der Waals surface area contributed by atoms with Gasteiger partial charge < -0.3 is 14.7 Å². The Kier molecular flexibility index (Phi) is 8.54. The largest absolute Gasteiger partial charge is 0.362 e. The molecule has 0 spiro atoms. The molecule has 0 amide bonds. The van der Waals surface area contributed by atoms with Crippen molar-refractivity contribution in [3.63, 3.8) is 0 Å². The molecule has 2 aromatic heterocycles. The molecule has 0 radical (unpaired) electrons. The molecule has 8 heteroatoms. The summed E-state index contributed by atoms with van der Waals surface area (Å²) in [7, 11) is 5.93. The second kappa shape index (κ2) is 11.3. The van der Waals surface area contributed by atoms with Crippen LogP contribution in [0, 0.1) is 19.8 Å². The lowest BCUT2D eigenvalue weighted by Crippen LogP contribution is -2.19. The normalized spacial score (nSPS) is 14.2. The van der Waals surface area contributed by atoms with Gasteiger partial charge in [-0.3, -0.25) is 4.72 Å². The molecule has 168 valence electrons. The molecule has 0 unspecified atom stereocenters. The van der Waals surface area contributed by atoms with Gasteiger partial charge in [-0.2, -0.15) is 4.98 Å². The van der Waals surface area contributed by atoms with Gasteiger partial charge in [0, 0.05) is 26.0 Å². The number of aromatic nitrogens is 3. The van der Waals surface area contributed by atoms with Gasteiger partial charge in [0.1, 0.15) is 11.6 Å². The lowest BCUT2D eigenvalue weighted by molar-refractivity contribution is 0.373. The van der Waals surface area contributed by atoms with Gasteiger partial charge in [0.25, 0.3) is 0 Å². The van der Waals surface area contributed by atoms with Crippen molar-refractivity contribution in [1.82, 2.24) is 19.8 Å². The second-order valence-electron chi connectivity index (χ2n) is 8.13. The smallest absolute Gasteiger partial charge is 0.225 e. The zero-order valence-electron chi connectivity index (χ0n) is 19.2. The molecular weight excluding hydrogens is 408 g/mol. The van der Waals surface area contributed by atoms with Crippen LogP contribution in [-0.2, 0) is 0 Å². The van der Waals surface area contributed by atoms with E-state index < -0.39 is 0 Å². The monoisotopic (exact) mass is 442 g/mol. The topological polar surface area (TPSA) is 79.1 Å². The molecule has 2 N–H and O–H groups in total. The highest BCUT2D eigenvalue weighted by atomic mass is 32.2. The van der Waals surface area contributed by atoms with E-state index in [0.717, 1.165) is 51.5 Å². The first-order valence-corrected chi connectivity index (χ1v) is 11.8. The third kappa shape index (κ3) is 6.33. The Morgan fingerprint density at radius 1 is 1.10 bits per heavy atom. The van der Waals surface area contributed by atoms with E-state index in [9.17, 15) is 0 Å². The zero-order valence-corrected chi connectivity index (χ0v) is 20.1. The molecule has 0 saturated heterocycles. The summed E-state index contributed by atoms with van der Waals surface area (Å²) in [6.07, 6.45) is 6.80. The number of aryl methyl sites for hydroxylation is 2. The van der Waals surface area contributed by atoms with Gasteiger partial charge in [-0.25, -0.2) is 4.98 Å². The fourth-order valence-corrected chi connectivity index (χ4v) is 4.40. The Morgan fingerprint density at radius 2 is 1.84 bits per heavy atom.